The Morgan fingerprint density at radius 1 is 0.505 bits per heavy atom. The SMILES string of the molecule is CC[C@H](C)[C@H](NC(=O)[C@@H](NC(=O)[C@H](Cc1ccccc1)NC(=O)[C@H](Cc1ccc(O)cc1)NC(=O)[C@H](CC(=O)O)NC(=O)[C@H](CC(C)C)NC(=O)[C@@H](NC(=O)[C@H](CO)NC(=O)[C@@H](NC(=O)[C@H](CCCN=C(N)N)NC(=O)[C@H](Cc1cnc[nH]1)NC(=O)[C@@H](N)[C@@H](C)O)[C@@H](C)O)[C@@H](C)O)C(C)C)C(=O)O. The highest BCUT2D eigenvalue weighted by atomic mass is 16.4. The van der Waals surface area contributed by atoms with Crippen LogP contribution in [0.2, 0.25) is 0 Å². The van der Waals surface area contributed by atoms with Crippen molar-refractivity contribution in [3.8, 4) is 5.75 Å². The molecule has 25 N–H and O–H groups in total. The molecule has 0 aliphatic heterocycles. The highest BCUT2D eigenvalue weighted by Gasteiger charge is 2.40. The number of H-pyrrole nitrogens is 1. The quantitative estimate of drug-likeness (QED) is 0.0143. The number of nitrogens with zero attached hydrogens (tertiary/aromatic N) is 2. The number of imidazole rings is 1. The van der Waals surface area contributed by atoms with Crippen molar-refractivity contribution in [2.45, 2.75) is 204 Å². The molecule has 1 heterocycles. The van der Waals surface area contributed by atoms with Crippen molar-refractivity contribution in [2.75, 3.05) is 13.2 Å². The monoisotopic (exact) mass is 1450 g/mol. The van der Waals surface area contributed by atoms with Crippen molar-refractivity contribution in [3.05, 3.63) is 83.9 Å². The number of aliphatic hydroxyl groups is 4. The maximum Gasteiger partial charge on any atom is 0.326 e. The molecule has 0 saturated carbocycles. The van der Waals surface area contributed by atoms with Crippen molar-refractivity contribution >= 4 is 82.9 Å². The van der Waals surface area contributed by atoms with Crippen molar-refractivity contribution in [1.82, 2.24) is 68.5 Å². The summed E-state index contributed by atoms with van der Waals surface area (Å²) in [5, 5.41) is 98.6. The van der Waals surface area contributed by atoms with E-state index >= 15 is 0 Å². The number of hydrogen-bond donors (Lipinski definition) is 22. The number of aliphatic hydroxyl groups excluding tert-OH is 4. The number of carbonyl (C=O) groups excluding carboxylic acids is 11. The average Bonchev–Trinajstić information content (AvgIpc) is 1.05. The molecule has 3 aromatic rings. The highest BCUT2D eigenvalue weighted by Crippen LogP contribution is 2.16. The van der Waals surface area contributed by atoms with E-state index in [1.165, 1.54) is 43.7 Å². The first kappa shape index (κ1) is 86.8. The fourth-order valence-electron chi connectivity index (χ4n) is 10.1. The molecule has 103 heavy (non-hydrogen) atoms. The van der Waals surface area contributed by atoms with E-state index in [4.69, 9.17) is 17.2 Å². The van der Waals surface area contributed by atoms with Crippen LogP contribution in [0.5, 0.6) is 5.75 Å². The van der Waals surface area contributed by atoms with Gasteiger partial charge in [0.1, 0.15) is 78.3 Å². The van der Waals surface area contributed by atoms with Gasteiger partial charge in [-0.25, -0.2) is 9.78 Å². The van der Waals surface area contributed by atoms with Crippen LogP contribution in [0.1, 0.15) is 111 Å². The number of aliphatic carboxylic acids is 2. The van der Waals surface area contributed by atoms with E-state index in [9.17, 15) is 98.1 Å². The van der Waals surface area contributed by atoms with Crippen LogP contribution in [0.3, 0.4) is 0 Å². The van der Waals surface area contributed by atoms with Crippen LogP contribution in [-0.4, -0.2) is 233 Å². The normalized spacial score (nSPS) is 15.9. The number of phenols is 1. The number of carboxylic acids is 2. The van der Waals surface area contributed by atoms with Gasteiger partial charge in [-0.15, -0.1) is 0 Å². The zero-order valence-corrected chi connectivity index (χ0v) is 58.9. The van der Waals surface area contributed by atoms with Crippen LogP contribution in [0.4, 0.5) is 0 Å². The van der Waals surface area contributed by atoms with Gasteiger partial charge >= 0.3 is 11.9 Å². The van der Waals surface area contributed by atoms with Gasteiger partial charge in [-0.05, 0) is 81.0 Å². The summed E-state index contributed by atoms with van der Waals surface area (Å²) < 4.78 is 0. The molecule has 11 amide bonds. The Balaban J connectivity index is 1.92. The minimum absolute atomic E-state index is 0.0172. The zero-order valence-electron chi connectivity index (χ0n) is 58.9. The van der Waals surface area contributed by atoms with E-state index in [-0.39, 0.29) is 56.8 Å². The zero-order chi connectivity index (χ0) is 77.5. The number of aromatic amines is 1. The third kappa shape index (κ3) is 29.6. The minimum atomic E-state index is -2.03. The molecular formula is C66H101N17O20. The lowest BCUT2D eigenvalue weighted by Crippen LogP contribution is -2.63. The van der Waals surface area contributed by atoms with Gasteiger partial charge in [0.15, 0.2) is 5.96 Å². The maximum absolute atomic E-state index is 14.7. The van der Waals surface area contributed by atoms with Gasteiger partial charge in [0.2, 0.25) is 65.0 Å². The fourth-order valence-corrected chi connectivity index (χ4v) is 10.1. The number of nitrogens with two attached hydrogens (primary N) is 3. The number of carbonyl (C=O) groups is 13. The van der Waals surface area contributed by atoms with Gasteiger partial charge in [0.05, 0.1) is 37.7 Å². The second-order valence-corrected chi connectivity index (χ2v) is 25.8. The topological polar surface area (TPSA) is 615 Å². The Morgan fingerprint density at radius 2 is 0.932 bits per heavy atom. The molecule has 0 aliphatic rings. The number of aliphatic imine (C=N–C) groups is 1. The van der Waals surface area contributed by atoms with Crippen LogP contribution in [0.25, 0.3) is 0 Å². The fraction of sp³-hybridized carbons (Fsp3) is 0.561. The summed E-state index contributed by atoms with van der Waals surface area (Å²) in [6.07, 6.45) is -4.35. The summed E-state index contributed by atoms with van der Waals surface area (Å²) in [5.41, 5.74) is 17.9. The third-order valence-electron chi connectivity index (χ3n) is 16.3. The molecule has 1 aromatic heterocycles. The first-order valence-corrected chi connectivity index (χ1v) is 33.4. The highest BCUT2D eigenvalue weighted by molar-refractivity contribution is 6.00. The predicted molar refractivity (Wildman–Crippen MR) is 369 cm³/mol. The average molecular weight is 1450 g/mol. The Morgan fingerprint density at radius 3 is 1.40 bits per heavy atom. The van der Waals surface area contributed by atoms with Crippen LogP contribution >= 0.6 is 0 Å². The molecule has 3 rings (SSSR count). The van der Waals surface area contributed by atoms with Crippen LogP contribution in [0.15, 0.2) is 72.1 Å². The number of benzene rings is 2. The van der Waals surface area contributed by atoms with Crippen molar-refractivity contribution in [2.24, 2.45) is 39.9 Å². The first-order chi connectivity index (χ1) is 48.4. The lowest BCUT2D eigenvalue weighted by molar-refractivity contribution is -0.144. The molecule has 0 unspecified atom stereocenters. The van der Waals surface area contributed by atoms with Crippen LogP contribution in [0, 0.1) is 17.8 Å². The Bertz CT molecular complexity index is 3350. The van der Waals surface area contributed by atoms with Gasteiger partial charge in [-0.1, -0.05) is 90.4 Å². The van der Waals surface area contributed by atoms with Crippen LogP contribution < -0.4 is 75.7 Å². The Kier molecular flexibility index (Phi) is 36.1. The molecule has 37 nitrogen and oxygen atoms in total. The summed E-state index contributed by atoms with van der Waals surface area (Å²) in [5.74, 6) is -17.2. The molecule has 2 aromatic carbocycles. The predicted octanol–water partition coefficient (Wildman–Crippen LogP) is -5.70. The molecule has 0 spiro atoms. The smallest absolute Gasteiger partial charge is 0.326 e. The maximum atomic E-state index is 14.7. The summed E-state index contributed by atoms with van der Waals surface area (Å²) in [6, 6.07) is -6.44. The van der Waals surface area contributed by atoms with Gasteiger partial charge < -0.3 is 116 Å². The summed E-state index contributed by atoms with van der Waals surface area (Å²) in [6.45, 7) is 11.8. The number of guanidine groups is 1. The number of hydrogen-bond acceptors (Lipinski definition) is 21. The number of aromatic nitrogens is 2. The van der Waals surface area contributed by atoms with Gasteiger partial charge in [0.25, 0.3) is 0 Å². The first-order valence-electron chi connectivity index (χ1n) is 33.4. The molecule has 0 radical (unpaired) electrons. The number of phenolic OH excluding ortho intramolecular Hbond substituents is 1. The molecule has 37 heteroatoms. The second kappa shape index (κ2) is 42.8. The van der Waals surface area contributed by atoms with Gasteiger partial charge in [0, 0.05) is 37.7 Å². The van der Waals surface area contributed by atoms with E-state index in [0.29, 0.717) is 23.2 Å². The van der Waals surface area contributed by atoms with Crippen molar-refractivity contribution < 1.29 is 98.1 Å². The molecule has 0 aliphatic carbocycles. The summed E-state index contributed by atoms with van der Waals surface area (Å²) in [4.78, 5) is 190. The molecule has 0 saturated heterocycles. The lowest BCUT2D eigenvalue weighted by atomic mass is 9.96. The van der Waals surface area contributed by atoms with Crippen molar-refractivity contribution in [1.29, 1.82) is 0 Å². The number of amides is 11. The molecular weight excluding hydrogens is 1350 g/mol. The molecule has 570 valence electrons. The number of nitrogens with one attached hydrogen (secondary N) is 12. The number of aromatic hydroxyl groups is 1. The third-order valence-corrected chi connectivity index (χ3v) is 16.3. The summed E-state index contributed by atoms with van der Waals surface area (Å²) >= 11 is 0. The van der Waals surface area contributed by atoms with Crippen LogP contribution in [-0.2, 0) is 81.6 Å². The molecule has 0 fully saturated rings. The largest absolute Gasteiger partial charge is 0.508 e. The molecule has 16 atom stereocenters. The lowest BCUT2D eigenvalue weighted by Gasteiger charge is -2.29. The second-order valence-electron chi connectivity index (χ2n) is 25.8. The van der Waals surface area contributed by atoms with E-state index in [1.807, 2.05) is 0 Å². The number of rotatable bonds is 44. The number of carboxylic acid groups (broad SMARTS) is 2. The Hall–Kier alpha value is -10.4. The molecule has 0 bridgehead atoms. The van der Waals surface area contributed by atoms with Gasteiger partial charge in [-0.3, -0.25) is 62.5 Å². The van der Waals surface area contributed by atoms with Gasteiger partial charge in [-0.2, -0.15) is 0 Å². The Labute approximate surface area is 594 Å². The van der Waals surface area contributed by atoms with Crippen molar-refractivity contribution in [3.63, 3.8) is 0 Å². The summed E-state index contributed by atoms with van der Waals surface area (Å²) in [7, 11) is 0. The standard InChI is InChI=1S/C66H101N17O20/c1-10-33(6)51(65(102)103)81-62(99)50(32(4)5)80-59(96)44(24-37-15-12-11-13-16-37)75-56(93)43(25-38-18-20-40(88)21-19-38)74-58(95)46(27-48(89)90)76-55(92)42(23-31(2)3)78-63(100)52(35(8)86)83-60(97)47(29-84)79-64(101)53(36(9)87)82-54(91)41(17-14-22-71-66(68)69)73-57(94)45(26-39-28-70-30-72-39)77-61(98)49(67)34(7)85/h11-13,15-16,18-21,28,30-36,41-47,49-53,84-88H,10,14,17,22-27,29,67H2,1-9H3,(H,70,72)(H,73,94)(H,74,95)(H,75,93)(H,76,92)(H,77,98)(H,78,100)(H,79,101)(H,80,96)(H,81,99)(H,82,91)(H,83,97)(H,89,90)(H,102,103)(H4,68,69,71)/t33-,34+,35+,36+,41-,42-,43-,44-,45-,46-,47-,49-,50-,51-,52-,53-/m0/s1. The van der Waals surface area contributed by atoms with E-state index < -0.39 is 199 Å². The minimum Gasteiger partial charge on any atom is -0.508 e. The van der Waals surface area contributed by atoms with E-state index in [0.717, 1.165) is 13.8 Å². The van der Waals surface area contributed by atoms with E-state index in [2.05, 4.69) is 73.4 Å². The van der Waals surface area contributed by atoms with E-state index in [1.54, 1.807) is 71.9 Å².